The summed E-state index contributed by atoms with van der Waals surface area (Å²) in [5.41, 5.74) is 2.97. The van der Waals surface area contributed by atoms with Crippen molar-refractivity contribution >= 4 is 11.6 Å². The Kier molecular flexibility index (Phi) is 5.20. The lowest BCUT2D eigenvalue weighted by atomic mass is 10.1. The van der Waals surface area contributed by atoms with Crippen LogP contribution in [0.1, 0.15) is 36.2 Å². The van der Waals surface area contributed by atoms with E-state index in [0.29, 0.717) is 5.92 Å². The van der Waals surface area contributed by atoms with E-state index in [2.05, 4.69) is 26.1 Å². The number of nitrogens with zero attached hydrogens (tertiary/aromatic N) is 1. The number of rotatable bonds is 5. The standard InChI is InChI=1S/C15H24N2O/c1-11(2)8-9-16-14-10-13(7-6-12(14)3)15(18)17(4)5/h6-7,10-11,16H,8-9H2,1-5H3. The zero-order chi connectivity index (χ0) is 13.7. The van der Waals surface area contributed by atoms with E-state index in [1.807, 2.05) is 18.2 Å². The summed E-state index contributed by atoms with van der Waals surface area (Å²) in [7, 11) is 3.54. The van der Waals surface area contributed by atoms with Gasteiger partial charge in [0.1, 0.15) is 0 Å². The van der Waals surface area contributed by atoms with Gasteiger partial charge in [0.25, 0.3) is 5.91 Å². The van der Waals surface area contributed by atoms with Crippen LogP contribution in [-0.4, -0.2) is 31.4 Å². The molecule has 0 unspecified atom stereocenters. The van der Waals surface area contributed by atoms with Crippen LogP contribution >= 0.6 is 0 Å². The molecule has 0 saturated heterocycles. The first-order chi connectivity index (χ1) is 8.41. The molecule has 0 aliphatic heterocycles. The van der Waals surface area contributed by atoms with Crippen LogP contribution in [0.4, 0.5) is 5.69 Å². The van der Waals surface area contributed by atoms with E-state index in [-0.39, 0.29) is 5.91 Å². The molecular weight excluding hydrogens is 224 g/mol. The smallest absolute Gasteiger partial charge is 0.253 e. The van der Waals surface area contributed by atoms with Gasteiger partial charge < -0.3 is 10.2 Å². The minimum absolute atomic E-state index is 0.0434. The second kappa shape index (κ2) is 6.43. The highest BCUT2D eigenvalue weighted by atomic mass is 16.2. The Bertz CT molecular complexity index is 411. The van der Waals surface area contributed by atoms with Crippen LogP contribution in [0.3, 0.4) is 0 Å². The minimum Gasteiger partial charge on any atom is -0.385 e. The molecule has 0 bridgehead atoms. The van der Waals surface area contributed by atoms with Crippen LogP contribution in [0, 0.1) is 12.8 Å². The number of carbonyl (C=O) groups excluding carboxylic acids is 1. The molecule has 0 spiro atoms. The lowest BCUT2D eigenvalue weighted by Gasteiger charge is -2.14. The Labute approximate surface area is 110 Å². The Hall–Kier alpha value is -1.51. The number of hydrogen-bond donors (Lipinski definition) is 1. The van der Waals surface area contributed by atoms with Crippen molar-refractivity contribution in [1.29, 1.82) is 0 Å². The molecule has 0 radical (unpaired) electrons. The van der Waals surface area contributed by atoms with Crippen molar-refractivity contribution in [3.05, 3.63) is 29.3 Å². The van der Waals surface area contributed by atoms with Gasteiger partial charge in [-0.05, 0) is 37.0 Å². The summed E-state index contributed by atoms with van der Waals surface area (Å²) < 4.78 is 0. The van der Waals surface area contributed by atoms with E-state index in [1.54, 1.807) is 19.0 Å². The van der Waals surface area contributed by atoms with E-state index in [9.17, 15) is 4.79 Å². The van der Waals surface area contributed by atoms with Gasteiger partial charge in [-0.15, -0.1) is 0 Å². The zero-order valence-electron chi connectivity index (χ0n) is 12.1. The topological polar surface area (TPSA) is 32.3 Å². The van der Waals surface area contributed by atoms with E-state index < -0.39 is 0 Å². The van der Waals surface area contributed by atoms with E-state index in [1.165, 1.54) is 5.56 Å². The van der Waals surface area contributed by atoms with Gasteiger partial charge in [-0.1, -0.05) is 19.9 Å². The molecule has 0 atom stereocenters. The first-order valence-corrected chi connectivity index (χ1v) is 6.48. The average molecular weight is 248 g/mol. The van der Waals surface area contributed by atoms with Gasteiger partial charge in [-0.3, -0.25) is 4.79 Å². The summed E-state index contributed by atoms with van der Waals surface area (Å²) in [5, 5.41) is 3.41. The maximum atomic E-state index is 11.9. The van der Waals surface area contributed by atoms with Crippen molar-refractivity contribution in [3.8, 4) is 0 Å². The maximum Gasteiger partial charge on any atom is 0.253 e. The van der Waals surface area contributed by atoms with Crippen LogP contribution in [-0.2, 0) is 0 Å². The molecule has 0 heterocycles. The highest BCUT2D eigenvalue weighted by Crippen LogP contribution is 2.18. The number of benzene rings is 1. The second-order valence-electron chi connectivity index (χ2n) is 5.34. The van der Waals surface area contributed by atoms with Crippen molar-refractivity contribution in [2.75, 3.05) is 26.0 Å². The third-order valence-corrected chi connectivity index (χ3v) is 2.93. The van der Waals surface area contributed by atoms with Gasteiger partial charge in [0.15, 0.2) is 0 Å². The predicted molar refractivity (Wildman–Crippen MR) is 77.1 cm³/mol. The molecule has 1 rings (SSSR count). The molecule has 3 heteroatoms. The highest BCUT2D eigenvalue weighted by molar-refractivity contribution is 5.95. The third-order valence-electron chi connectivity index (χ3n) is 2.93. The molecule has 100 valence electrons. The molecule has 1 N–H and O–H groups in total. The summed E-state index contributed by atoms with van der Waals surface area (Å²) in [6.45, 7) is 7.42. The number of hydrogen-bond acceptors (Lipinski definition) is 2. The molecule has 0 aliphatic rings. The van der Waals surface area contributed by atoms with Gasteiger partial charge in [0, 0.05) is 31.9 Å². The van der Waals surface area contributed by atoms with E-state index >= 15 is 0 Å². The summed E-state index contributed by atoms with van der Waals surface area (Å²) in [5.74, 6) is 0.728. The molecule has 0 saturated carbocycles. The molecule has 0 aromatic heterocycles. The van der Waals surface area contributed by atoms with Gasteiger partial charge in [-0.2, -0.15) is 0 Å². The molecule has 1 aromatic rings. The fourth-order valence-electron chi connectivity index (χ4n) is 1.70. The molecular formula is C15H24N2O. The first-order valence-electron chi connectivity index (χ1n) is 6.48. The van der Waals surface area contributed by atoms with Gasteiger partial charge in [0.2, 0.25) is 0 Å². The number of anilines is 1. The van der Waals surface area contributed by atoms with Crippen molar-refractivity contribution < 1.29 is 4.79 Å². The first kappa shape index (κ1) is 14.6. The Morgan fingerprint density at radius 2 is 2.00 bits per heavy atom. The highest BCUT2D eigenvalue weighted by Gasteiger charge is 2.09. The van der Waals surface area contributed by atoms with Crippen LogP contribution in [0.5, 0.6) is 0 Å². The van der Waals surface area contributed by atoms with E-state index in [4.69, 9.17) is 0 Å². The van der Waals surface area contributed by atoms with Crippen LogP contribution in [0.25, 0.3) is 0 Å². The van der Waals surface area contributed by atoms with Crippen LogP contribution in [0.15, 0.2) is 18.2 Å². The van der Waals surface area contributed by atoms with Gasteiger partial charge in [-0.25, -0.2) is 0 Å². The summed E-state index contributed by atoms with van der Waals surface area (Å²) in [4.78, 5) is 13.5. The molecule has 1 aromatic carbocycles. The molecule has 0 fully saturated rings. The van der Waals surface area contributed by atoms with E-state index in [0.717, 1.165) is 24.2 Å². The number of nitrogens with one attached hydrogen (secondary N) is 1. The van der Waals surface area contributed by atoms with Crippen molar-refractivity contribution in [2.45, 2.75) is 27.2 Å². The zero-order valence-corrected chi connectivity index (χ0v) is 12.1. The van der Waals surface area contributed by atoms with Crippen molar-refractivity contribution in [1.82, 2.24) is 4.90 Å². The van der Waals surface area contributed by atoms with Gasteiger partial charge in [0.05, 0.1) is 0 Å². The average Bonchev–Trinajstić information content (AvgIpc) is 2.30. The summed E-state index contributed by atoms with van der Waals surface area (Å²) in [6.07, 6.45) is 1.13. The van der Waals surface area contributed by atoms with Crippen molar-refractivity contribution in [3.63, 3.8) is 0 Å². The largest absolute Gasteiger partial charge is 0.385 e. The minimum atomic E-state index is 0.0434. The Morgan fingerprint density at radius 1 is 1.33 bits per heavy atom. The fraction of sp³-hybridized carbons (Fsp3) is 0.533. The third kappa shape index (κ3) is 4.06. The molecule has 3 nitrogen and oxygen atoms in total. The van der Waals surface area contributed by atoms with Crippen LogP contribution in [0.2, 0.25) is 0 Å². The lowest BCUT2D eigenvalue weighted by Crippen LogP contribution is -2.21. The normalized spacial score (nSPS) is 10.6. The number of aryl methyl sites for hydroxylation is 1. The molecule has 18 heavy (non-hydrogen) atoms. The lowest BCUT2D eigenvalue weighted by molar-refractivity contribution is 0.0827. The molecule has 1 amide bonds. The SMILES string of the molecule is Cc1ccc(C(=O)N(C)C)cc1NCCC(C)C. The number of carbonyl (C=O) groups is 1. The quantitative estimate of drug-likeness (QED) is 0.868. The number of amides is 1. The monoisotopic (exact) mass is 248 g/mol. The summed E-state index contributed by atoms with van der Waals surface area (Å²) >= 11 is 0. The maximum absolute atomic E-state index is 11.9. The fourth-order valence-corrected chi connectivity index (χ4v) is 1.70. The second-order valence-corrected chi connectivity index (χ2v) is 5.34. The Balaban J connectivity index is 2.78. The van der Waals surface area contributed by atoms with Crippen LogP contribution < -0.4 is 5.32 Å². The summed E-state index contributed by atoms with van der Waals surface area (Å²) in [6, 6.07) is 5.82. The molecule has 0 aliphatic carbocycles. The Morgan fingerprint density at radius 3 is 2.56 bits per heavy atom. The van der Waals surface area contributed by atoms with Crippen molar-refractivity contribution in [2.24, 2.45) is 5.92 Å². The predicted octanol–water partition coefficient (Wildman–Crippen LogP) is 3.15. The van der Waals surface area contributed by atoms with Gasteiger partial charge >= 0.3 is 0 Å².